The summed E-state index contributed by atoms with van der Waals surface area (Å²) in [5.74, 6) is 1.91. The Hall–Kier alpha value is -2.60. The Morgan fingerprint density at radius 1 is 1.10 bits per heavy atom. The van der Waals surface area contributed by atoms with E-state index >= 15 is 0 Å². The Labute approximate surface area is 181 Å². The number of carbonyl (C=O) groups is 1. The Bertz CT molecular complexity index is 884. The second kappa shape index (κ2) is 10.4. The molecule has 1 aliphatic rings. The Balaban J connectivity index is 1.63. The molecule has 0 spiro atoms. The monoisotopic (exact) mass is 403 g/mol. The van der Waals surface area contributed by atoms with Crippen LogP contribution in [-0.2, 0) is 6.42 Å². The molecule has 30 heavy (non-hydrogen) atoms. The highest BCUT2D eigenvalue weighted by Gasteiger charge is 2.22. The molecular formula is C27H33NO2. The molecule has 0 bridgehead atoms. The van der Waals surface area contributed by atoms with Gasteiger partial charge in [-0.3, -0.25) is 0 Å². The van der Waals surface area contributed by atoms with E-state index < -0.39 is 5.97 Å². The fourth-order valence-electron chi connectivity index (χ4n) is 4.59. The molecule has 0 radical (unpaired) electrons. The standard InChI is InChI=1S/C27H33NO2/c1-4-5-20-6-9-22(10-7-20)23-11-13-24(14-12-23)27(29)30-26-15-8-21(16-19(2)3)17-25(26)18-28/h8,11-15,17,19-20,22H,4-7,9-10,16H2,1-3H3. The second-order valence-corrected chi connectivity index (χ2v) is 9.06. The number of hydrogen-bond acceptors (Lipinski definition) is 3. The lowest BCUT2D eigenvalue weighted by atomic mass is 9.77. The van der Waals surface area contributed by atoms with Crippen LogP contribution in [0.3, 0.4) is 0 Å². The summed E-state index contributed by atoms with van der Waals surface area (Å²) >= 11 is 0. The Kier molecular flexibility index (Phi) is 7.69. The summed E-state index contributed by atoms with van der Waals surface area (Å²) in [7, 11) is 0. The number of rotatable bonds is 7. The van der Waals surface area contributed by atoms with Gasteiger partial charge in [0, 0.05) is 0 Å². The molecule has 158 valence electrons. The highest BCUT2D eigenvalue weighted by molar-refractivity contribution is 5.91. The number of carbonyl (C=O) groups excluding carboxylic acids is 1. The molecule has 3 rings (SSSR count). The van der Waals surface area contributed by atoms with Crippen LogP contribution in [0.1, 0.15) is 92.3 Å². The van der Waals surface area contributed by atoms with Crippen LogP contribution < -0.4 is 4.74 Å². The summed E-state index contributed by atoms with van der Waals surface area (Å²) in [6.07, 6.45) is 8.62. The number of ether oxygens (including phenoxy) is 1. The molecule has 3 nitrogen and oxygen atoms in total. The first-order valence-electron chi connectivity index (χ1n) is 11.3. The largest absolute Gasteiger partial charge is 0.422 e. The lowest BCUT2D eigenvalue weighted by molar-refractivity contribution is 0.0734. The zero-order valence-corrected chi connectivity index (χ0v) is 18.5. The molecule has 1 saturated carbocycles. The molecule has 1 fully saturated rings. The molecule has 0 heterocycles. The van der Waals surface area contributed by atoms with Crippen LogP contribution in [0.25, 0.3) is 0 Å². The van der Waals surface area contributed by atoms with E-state index in [-0.39, 0.29) is 0 Å². The summed E-state index contributed by atoms with van der Waals surface area (Å²) in [4.78, 5) is 12.6. The third-order valence-corrected chi connectivity index (χ3v) is 6.17. The number of esters is 1. The van der Waals surface area contributed by atoms with Crippen molar-refractivity contribution in [3.63, 3.8) is 0 Å². The van der Waals surface area contributed by atoms with Crippen molar-refractivity contribution in [3.05, 3.63) is 64.7 Å². The van der Waals surface area contributed by atoms with E-state index in [9.17, 15) is 10.1 Å². The fraction of sp³-hybridized carbons (Fsp3) is 0.481. The Morgan fingerprint density at radius 2 is 1.80 bits per heavy atom. The van der Waals surface area contributed by atoms with Gasteiger partial charge in [0.15, 0.2) is 0 Å². The molecule has 2 aromatic carbocycles. The molecule has 0 saturated heterocycles. The molecule has 0 aliphatic heterocycles. The highest BCUT2D eigenvalue weighted by atomic mass is 16.5. The molecule has 0 unspecified atom stereocenters. The van der Waals surface area contributed by atoms with Gasteiger partial charge in [-0.2, -0.15) is 5.26 Å². The molecule has 1 aliphatic carbocycles. The molecule has 0 atom stereocenters. The van der Waals surface area contributed by atoms with E-state index in [4.69, 9.17) is 4.74 Å². The first-order chi connectivity index (χ1) is 14.5. The third kappa shape index (κ3) is 5.72. The summed E-state index contributed by atoms with van der Waals surface area (Å²) in [5, 5.41) is 9.45. The van der Waals surface area contributed by atoms with Crippen molar-refractivity contribution in [2.45, 2.75) is 71.6 Å². The van der Waals surface area contributed by atoms with Crippen molar-refractivity contribution in [3.8, 4) is 11.8 Å². The number of nitriles is 1. The van der Waals surface area contributed by atoms with E-state index in [1.165, 1.54) is 44.1 Å². The van der Waals surface area contributed by atoms with E-state index in [2.05, 4.69) is 39.0 Å². The normalized spacial score (nSPS) is 18.8. The minimum atomic E-state index is -0.415. The van der Waals surface area contributed by atoms with Gasteiger partial charge < -0.3 is 4.74 Å². The van der Waals surface area contributed by atoms with E-state index in [0.29, 0.717) is 28.7 Å². The van der Waals surface area contributed by atoms with Crippen molar-refractivity contribution in [2.24, 2.45) is 11.8 Å². The van der Waals surface area contributed by atoms with Gasteiger partial charge in [0.25, 0.3) is 0 Å². The van der Waals surface area contributed by atoms with Crippen molar-refractivity contribution in [1.82, 2.24) is 0 Å². The van der Waals surface area contributed by atoms with Crippen LogP contribution in [0.5, 0.6) is 5.75 Å². The summed E-state index contributed by atoms with van der Waals surface area (Å²) in [6, 6.07) is 15.5. The van der Waals surface area contributed by atoms with Gasteiger partial charge in [0.05, 0.1) is 11.1 Å². The van der Waals surface area contributed by atoms with Gasteiger partial charge in [-0.25, -0.2) is 4.79 Å². The maximum Gasteiger partial charge on any atom is 0.343 e. The zero-order valence-electron chi connectivity index (χ0n) is 18.5. The van der Waals surface area contributed by atoms with Crippen LogP contribution in [0.2, 0.25) is 0 Å². The SMILES string of the molecule is CCCC1CCC(c2ccc(C(=O)Oc3ccc(CC(C)C)cc3C#N)cc2)CC1. The van der Waals surface area contributed by atoms with Gasteiger partial charge in [0.1, 0.15) is 11.8 Å². The van der Waals surface area contributed by atoms with Crippen molar-refractivity contribution >= 4 is 5.97 Å². The molecular weight excluding hydrogens is 370 g/mol. The van der Waals surface area contributed by atoms with Crippen LogP contribution in [0.15, 0.2) is 42.5 Å². The molecule has 0 amide bonds. The molecule has 2 aromatic rings. The number of nitrogens with zero attached hydrogens (tertiary/aromatic N) is 1. The average Bonchev–Trinajstić information content (AvgIpc) is 2.75. The summed E-state index contributed by atoms with van der Waals surface area (Å²) < 4.78 is 5.55. The molecule has 3 heteroatoms. The van der Waals surface area contributed by atoms with Gasteiger partial charge in [0.2, 0.25) is 0 Å². The lowest BCUT2D eigenvalue weighted by Crippen LogP contribution is -2.14. The zero-order chi connectivity index (χ0) is 21.5. The minimum absolute atomic E-state index is 0.327. The highest BCUT2D eigenvalue weighted by Crippen LogP contribution is 2.37. The Morgan fingerprint density at radius 3 is 2.40 bits per heavy atom. The molecule has 0 N–H and O–H groups in total. The summed E-state index contributed by atoms with van der Waals surface area (Å²) in [6.45, 7) is 6.55. The quantitative estimate of drug-likeness (QED) is 0.367. The summed E-state index contributed by atoms with van der Waals surface area (Å²) in [5.41, 5.74) is 3.33. The maximum absolute atomic E-state index is 12.6. The van der Waals surface area contributed by atoms with Gasteiger partial charge in [-0.15, -0.1) is 0 Å². The predicted molar refractivity (Wildman–Crippen MR) is 121 cm³/mol. The first-order valence-corrected chi connectivity index (χ1v) is 11.3. The van der Waals surface area contributed by atoms with Crippen molar-refractivity contribution < 1.29 is 9.53 Å². The van der Waals surface area contributed by atoms with Crippen molar-refractivity contribution in [2.75, 3.05) is 0 Å². The van der Waals surface area contributed by atoms with E-state index in [0.717, 1.165) is 17.9 Å². The third-order valence-electron chi connectivity index (χ3n) is 6.17. The number of benzene rings is 2. The predicted octanol–water partition coefficient (Wildman–Crippen LogP) is 7.05. The first kappa shape index (κ1) is 22.1. The van der Waals surface area contributed by atoms with E-state index in [1.54, 1.807) is 6.07 Å². The van der Waals surface area contributed by atoms with Crippen LogP contribution >= 0.6 is 0 Å². The topological polar surface area (TPSA) is 50.1 Å². The second-order valence-electron chi connectivity index (χ2n) is 9.06. The average molecular weight is 404 g/mol. The molecule has 0 aromatic heterocycles. The van der Waals surface area contributed by atoms with Gasteiger partial charge >= 0.3 is 5.97 Å². The maximum atomic E-state index is 12.6. The van der Waals surface area contributed by atoms with Gasteiger partial charge in [-0.1, -0.05) is 51.8 Å². The fourth-order valence-corrected chi connectivity index (χ4v) is 4.59. The van der Waals surface area contributed by atoms with Crippen LogP contribution in [0.4, 0.5) is 0 Å². The lowest BCUT2D eigenvalue weighted by Gasteiger charge is -2.28. The number of hydrogen-bond donors (Lipinski definition) is 0. The van der Waals surface area contributed by atoms with Crippen molar-refractivity contribution in [1.29, 1.82) is 5.26 Å². The van der Waals surface area contributed by atoms with E-state index in [1.807, 2.05) is 24.3 Å². The smallest absolute Gasteiger partial charge is 0.343 e. The minimum Gasteiger partial charge on any atom is -0.422 e. The van der Waals surface area contributed by atoms with Gasteiger partial charge in [-0.05, 0) is 85.3 Å². The van der Waals surface area contributed by atoms with Crippen LogP contribution in [0, 0.1) is 23.2 Å². The van der Waals surface area contributed by atoms with Crippen LogP contribution in [-0.4, -0.2) is 5.97 Å².